The molecule has 0 aliphatic heterocycles. The normalized spacial score (nSPS) is 11.2. The van der Waals surface area contributed by atoms with Crippen LogP contribution in [0.3, 0.4) is 0 Å². The van der Waals surface area contributed by atoms with Gasteiger partial charge in [-0.25, -0.2) is 4.98 Å². The Morgan fingerprint density at radius 1 is 1.38 bits per heavy atom. The van der Waals surface area contributed by atoms with Crippen molar-refractivity contribution >= 4 is 28.1 Å². The molecule has 0 atom stereocenters. The highest BCUT2D eigenvalue weighted by Crippen LogP contribution is 2.32. The van der Waals surface area contributed by atoms with E-state index >= 15 is 0 Å². The molecule has 1 aromatic heterocycles. The number of nitrogens with one attached hydrogen (secondary N) is 1. The van der Waals surface area contributed by atoms with Crippen LogP contribution in [0.5, 0.6) is 5.75 Å². The average Bonchev–Trinajstić information content (AvgIpc) is 2.76. The molecule has 1 heterocycles. The second-order valence-electron chi connectivity index (χ2n) is 3.88. The molecular weight excluding hydrogens is 309 g/mol. The van der Waals surface area contributed by atoms with E-state index in [-0.39, 0.29) is 23.0 Å². The monoisotopic (exact) mass is 318 g/mol. The number of hydrogen-bond donors (Lipinski definition) is 2. The molecule has 112 valence electrons. The summed E-state index contributed by atoms with van der Waals surface area (Å²) in [5, 5.41) is 13.1. The first-order valence-electron chi connectivity index (χ1n) is 5.61. The number of carboxylic acid groups (broad SMARTS) is 1. The molecule has 0 saturated heterocycles. The van der Waals surface area contributed by atoms with E-state index in [0.29, 0.717) is 5.69 Å². The summed E-state index contributed by atoms with van der Waals surface area (Å²) in [6.07, 6.45) is -5.05. The van der Waals surface area contributed by atoms with Crippen molar-refractivity contribution in [2.45, 2.75) is 12.8 Å². The molecule has 2 aromatic rings. The number of halogens is 3. The van der Waals surface area contributed by atoms with Crippen molar-refractivity contribution in [3.05, 3.63) is 35.3 Å². The highest BCUT2D eigenvalue weighted by atomic mass is 32.1. The number of carboxylic acids is 1. The number of thiazole rings is 1. The molecule has 0 saturated carbocycles. The van der Waals surface area contributed by atoms with Gasteiger partial charge in [0.1, 0.15) is 0 Å². The van der Waals surface area contributed by atoms with Crippen LogP contribution in [-0.2, 0) is 11.2 Å². The van der Waals surface area contributed by atoms with Gasteiger partial charge in [0.25, 0.3) is 0 Å². The summed E-state index contributed by atoms with van der Waals surface area (Å²) in [6, 6.07) is 5.52. The molecule has 0 unspecified atom stereocenters. The van der Waals surface area contributed by atoms with Crippen molar-refractivity contribution < 1.29 is 27.8 Å². The minimum Gasteiger partial charge on any atom is -0.481 e. The summed E-state index contributed by atoms with van der Waals surface area (Å²) in [5.41, 5.74) is 0.412. The summed E-state index contributed by atoms with van der Waals surface area (Å²) >= 11 is 1.09. The number of alkyl halides is 3. The van der Waals surface area contributed by atoms with Crippen LogP contribution < -0.4 is 10.1 Å². The van der Waals surface area contributed by atoms with Gasteiger partial charge in [0.2, 0.25) is 0 Å². The van der Waals surface area contributed by atoms with Crippen LogP contribution in [0.2, 0.25) is 0 Å². The van der Waals surface area contributed by atoms with E-state index in [1.54, 1.807) is 0 Å². The largest absolute Gasteiger partial charge is 0.573 e. The smallest absolute Gasteiger partial charge is 0.481 e. The lowest BCUT2D eigenvalue weighted by Gasteiger charge is -2.13. The Kier molecular flexibility index (Phi) is 4.32. The Balaban J connectivity index is 2.16. The summed E-state index contributed by atoms with van der Waals surface area (Å²) in [5.74, 6) is -1.42. The van der Waals surface area contributed by atoms with Crippen LogP contribution in [0, 0.1) is 0 Å². The van der Waals surface area contributed by atoms with Gasteiger partial charge in [0, 0.05) is 5.38 Å². The van der Waals surface area contributed by atoms with E-state index < -0.39 is 12.3 Å². The maximum absolute atomic E-state index is 12.3. The fourth-order valence-corrected chi connectivity index (χ4v) is 2.22. The van der Waals surface area contributed by atoms with Crippen LogP contribution in [0.15, 0.2) is 29.6 Å². The number of hydrogen-bond acceptors (Lipinski definition) is 5. The molecule has 21 heavy (non-hydrogen) atoms. The highest BCUT2D eigenvalue weighted by Gasteiger charge is 2.32. The predicted octanol–water partition coefficient (Wildman–Crippen LogP) is 3.41. The Labute approximate surface area is 121 Å². The Hall–Kier alpha value is -2.29. The van der Waals surface area contributed by atoms with Gasteiger partial charge in [-0.05, 0) is 12.1 Å². The Morgan fingerprint density at radius 3 is 2.76 bits per heavy atom. The first-order chi connectivity index (χ1) is 9.83. The lowest BCUT2D eigenvalue weighted by atomic mass is 10.3. The lowest BCUT2D eigenvalue weighted by Crippen LogP contribution is -2.17. The van der Waals surface area contributed by atoms with Crippen LogP contribution in [0.4, 0.5) is 24.0 Å². The number of benzene rings is 1. The molecule has 2 rings (SSSR count). The van der Waals surface area contributed by atoms with Gasteiger partial charge in [-0.2, -0.15) is 0 Å². The molecule has 1 aromatic carbocycles. The third kappa shape index (κ3) is 4.63. The van der Waals surface area contributed by atoms with Crippen molar-refractivity contribution in [2.24, 2.45) is 0 Å². The number of carbonyl (C=O) groups is 1. The minimum absolute atomic E-state index is 0.0889. The first kappa shape index (κ1) is 15.1. The summed E-state index contributed by atoms with van der Waals surface area (Å²) in [4.78, 5) is 14.5. The van der Waals surface area contributed by atoms with Crippen molar-refractivity contribution in [2.75, 3.05) is 5.32 Å². The maximum atomic E-state index is 12.3. The zero-order valence-electron chi connectivity index (χ0n) is 10.3. The quantitative estimate of drug-likeness (QED) is 0.884. The van der Waals surface area contributed by atoms with Gasteiger partial charge in [-0.15, -0.1) is 24.5 Å². The van der Waals surface area contributed by atoms with Crippen molar-refractivity contribution in [1.82, 2.24) is 4.98 Å². The fraction of sp³-hybridized carbons (Fsp3) is 0.167. The van der Waals surface area contributed by atoms with Gasteiger partial charge in [0.05, 0.1) is 17.8 Å². The fourth-order valence-electron chi connectivity index (χ4n) is 1.50. The van der Waals surface area contributed by atoms with Crippen LogP contribution in [-0.4, -0.2) is 22.4 Å². The number of nitrogens with zero attached hydrogens (tertiary/aromatic N) is 1. The second-order valence-corrected chi connectivity index (χ2v) is 4.74. The third-order valence-corrected chi connectivity index (χ3v) is 3.04. The molecule has 0 spiro atoms. The zero-order chi connectivity index (χ0) is 15.5. The molecule has 0 aliphatic rings. The molecule has 9 heteroatoms. The van der Waals surface area contributed by atoms with Gasteiger partial charge < -0.3 is 15.2 Å². The van der Waals surface area contributed by atoms with E-state index in [9.17, 15) is 18.0 Å². The Morgan fingerprint density at radius 2 is 2.10 bits per heavy atom. The minimum atomic E-state index is -4.80. The number of aromatic nitrogens is 1. The molecule has 2 N–H and O–H groups in total. The van der Waals surface area contributed by atoms with E-state index in [1.165, 1.54) is 29.6 Å². The van der Waals surface area contributed by atoms with Crippen LogP contribution in [0.1, 0.15) is 5.69 Å². The lowest BCUT2D eigenvalue weighted by molar-refractivity contribution is -0.274. The zero-order valence-corrected chi connectivity index (χ0v) is 11.2. The first-order valence-corrected chi connectivity index (χ1v) is 6.49. The number of rotatable bonds is 5. The van der Waals surface area contributed by atoms with Gasteiger partial charge in [0.15, 0.2) is 10.9 Å². The number of aliphatic carboxylic acids is 1. The van der Waals surface area contributed by atoms with Crippen LogP contribution in [0.25, 0.3) is 0 Å². The molecule has 0 bridgehead atoms. The van der Waals surface area contributed by atoms with Crippen molar-refractivity contribution in [3.63, 3.8) is 0 Å². The third-order valence-electron chi connectivity index (χ3n) is 2.24. The van der Waals surface area contributed by atoms with Crippen LogP contribution >= 0.6 is 11.3 Å². The van der Waals surface area contributed by atoms with E-state index in [1.807, 2.05) is 0 Å². The van der Waals surface area contributed by atoms with Crippen molar-refractivity contribution in [1.29, 1.82) is 0 Å². The Bertz CT molecular complexity index is 643. The molecular formula is C12H9F3N2O3S. The highest BCUT2D eigenvalue weighted by molar-refractivity contribution is 7.13. The number of para-hydroxylation sites is 2. The van der Waals surface area contributed by atoms with Gasteiger partial charge in [-0.3, -0.25) is 4.79 Å². The predicted molar refractivity (Wildman–Crippen MR) is 69.9 cm³/mol. The number of ether oxygens (including phenoxy) is 1. The molecule has 0 amide bonds. The summed E-state index contributed by atoms with van der Waals surface area (Å²) in [6.45, 7) is 0. The molecule has 5 nitrogen and oxygen atoms in total. The van der Waals surface area contributed by atoms with E-state index in [4.69, 9.17) is 5.11 Å². The molecule has 0 radical (unpaired) electrons. The second kappa shape index (κ2) is 6.00. The standard InChI is InChI=1S/C12H9F3N2O3S/c13-12(14,15)20-9-4-2-1-3-8(9)17-11-16-7(6-21-11)5-10(18)19/h1-4,6H,5H2,(H,16,17)(H,18,19). The average molecular weight is 318 g/mol. The van der Waals surface area contributed by atoms with E-state index in [0.717, 1.165) is 11.3 Å². The SMILES string of the molecule is O=C(O)Cc1csc(Nc2ccccc2OC(F)(F)F)n1. The van der Waals surface area contributed by atoms with Gasteiger partial charge in [-0.1, -0.05) is 12.1 Å². The number of anilines is 2. The summed E-state index contributed by atoms with van der Waals surface area (Å²) < 4.78 is 40.7. The molecule has 0 aliphatic carbocycles. The maximum Gasteiger partial charge on any atom is 0.573 e. The summed E-state index contributed by atoms with van der Waals surface area (Å²) in [7, 11) is 0. The van der Waals surface area contributed by atoms with Gasteiger partial charge >= 0.3 is 12.3 Å². The molecule has 0 fully saturated rings. The van der Waals surface area contributed by atoms with Crippen molar-refractivity contribution in [3.8, 4) is 5.75 Å². The van der Waals surface area contributed by atoms with E-state index in [2.05, 4.69) is 15.0 Å². The topological polar surface area (TPSA) is 71.5 Å².